The van der Waals surface area contributed by atoms with Gasteiger partial charge in [0.2, 0.25) is 0 Å². The fourth-order valence-corrected chi connectivity index (χ4v) is 2.93. The first-order chi connectivity index (χ1) is 12.4. The van der Waals surface area contributed by atoms with Gasteiger partial charge in [0.15, 0.2) is 11.5 Å². The first kappa shape index (κ1) is 17.5. The van der Waals surface area contributed by atoms with Crippen molar-refractivity contribution in [1.82, 2.24) is 20.2 Å². The molecule has 136 valence electrons. The van der Waals surface area contributed by atoms with Crippen molar-refractivity contribution in [1.29, 1.82) is 0 Å². The van der Waals surface area contributed by atoms with Gasteiger partial charge in [0.05, 0.1) is 11.9 Å². The maximum atomic E-state index is 12.6. The first-order valence-electron chi connectivity index (χ1n) is 8.21. The van der Waals surface area contributed by atoms with Crippen LogP contribution in [0.2, 0.25) is 0 Å². The number of carbonyl (C=O) groups excluding carboxylic acids is 1. The summed E-state index contributed by atoms with van der Waals surface area (Å²) in [5.74, 6) is -0.459. The molecule has 0 spiro atoms. The van der Waals surface area contributed by atoms with E-state index < -0.39 is 12.0 Å². The highest BCUT2D eigenvalue weighted by Gasteiger charge is 2.26. The van der Waals surface area contributed by atoms with E-state index in [4.69, 9.17) is 16.6 Å². The lowest BCUT2D eigenvalue weighted by atomic mass is 10.1. The second-order valence-corrected chi connectivity index (χ2v) is 6.16. The van der Waals surface area contributed by atoms with Gasteiger partial charge in [-0.15, -0.1) is 0 Å². The van der Waals surface area contributed by atoms with Crippen LogP contribution in [0.25, 0.3) is 11.3 Å². The Bertz CT molecular complexity index is 841. The fraction of sp³-hybridized carbons (Fsp3) is 0.294. The predicted molar refractivity (Wildman–Crippen MR) is 96.4 cm³/mol. The van der Waals surface area contributed by atoms with Crippen molar-refractivity contribution in [3.8, 4) is 11.3 Å². The molecular weight excluding hydrogens is 336 g/mol. The molecule has 1 fully saturated rings. The zero-order chi connectivity index (χ0) is 18.7. The Morgan fingerprint density at radius 2 is 2.12 bits per heavy atom. The van der Waals surface area contributed by atoms with E-state index >= 15 is 0 Å². The van der Waals surface area contributed by atoms with E-state index in [-0.39, 0.29) is 24.1 Å². The molecule has 1 aromatic heterocycles. The Morgan fingerprint density at radius 3 is 2.85 bits per heavy atom. The van der Waals surface area contributed by atoms with Gasteiger partial charge < -0.3 is 26.8 Å². The number of nitrogens with two attached hydrogens (primary N) is 2. The molecule has 26 heavy (non-hydrogen) atoms. The molecule has 9 heteroatoms. The third-order valence-electron chi connectivity index (χ3n) is 4.23. The molecule has 2 heterocycles. The average molecular weight is 356 g/mol. The van der Waals surface area contributed by atoms with Gasteiger partial charge in [0.25, 0.3) is 5.91 Å². The van der Waals surface area contributed by atoms with Crippen LogP contribution in [-0.2, 0) is 0 Å². The molecule has 0 saturated carbocycles. The number of likely N-dealkylation sites (tertiary alicyclic amines) is 1. The van der Waals surface area contributed by atoms with Gasteiger partial charge in [0.1, 0.15) is 0 Å². The van der Waals surface area contributed by atoms with Crippen molar-refractivity contribution in [3.63, 3.8) is 0 Å². The van der Waals surface area contributed by atoms with E-state index in [0.29, 0.717) is 30.8 Å². The Balaban J connectivity index is 1.79. The van der Waals surface area contributed by atoms with Crippen molar-refractivity contribution < 1.29 is 14.7 Å². The molecule has 1 atom stereocenters. The van der Waals surface area contributed by atoms with E-state index in [2.05, 4.69) is 15.3 Å². The maximum Gasteiger partial charge on any atom is 0.407 e. The van der Waals surface area contributed by atoms with Gasteiger partial charge in [-0.3, -0.25) is 4.79 Å². The third kappa shape index (κ3) is 3.82. The highest BCUT2D eigenvalue weighted by Crippen LogP contribution is 2.21. The van der Waals surface area contributed by atoms with E-state index in [1.54, 1.807) is 18.2 Å². The third-order valence-corrected chi connectivity index (χ3v) is 4.23. The molecule has 0 radical (unpaired) electrons. The fourth-order valence-electron chi connectivity index (χ4n) is 2.93. The molecule has 0 unspecified atom stereocenters. The number of nitrogens with zero attached hydrogens (tertiary/aromatic N) is 3. The number of carbonyl (C=O) groups is 2. The molecule has 2 aromatic rings. The number of nitrogen functional groups attached to an aromatic ring is 2. The van der Waals surface area contributed by atoms with Crippen molar-refractivity contribution in [2.24, 2.45) is 0 Å². The van der Waals surface area contributed by atoms with Crippen LogP contribution in [-0.4, -0.2) is 51.1 Å². The minimum atomic E-state index is -0.994. The van der Waals surface area contributed by atoms with Crippen LogP contribution < -0.4 is 16.8 Å². The lowest BCUT2D eigenvalue weighted by Gasteiger charge is -2.31. The summed E-state index contributed by atoms with van der Waals surface area (Å²) in [6.07, 6.45) is 1.86. The summed E-state index contributed by atoms with van der Waals surface area (Å²) in [4.78, 5) is 33.3. The van der Waals surface area contributed by atoms with Crippen LogP contribution in [0.5, 0.6) is 0 Å². The Kier molecular flexibility index (Phi) is 4.87. The Morgan fingerprint density at radius 1 is 1.31 bits per heavy atom. The van der Waals surface area contributed by atoms with Gasteiger partial charge in [0, 0.05) is 30.4 Å². The van der Waals surface area contributed by atoms with Crippen molar-refractivity contribution >= 4 is 23.5 Å². The number of anilines is 2. The molecule has 0 aliphatic carbocycles. The van der Waals surface area contributed by atoms with Gasteiger partial charge in [-0.1, -0.05) is 12.1 Å². The zero-order valence-electron chi connectivity index (χ0n) is 14.1. The van der Waals surface area contributed by atoms with Crippen LogP contribution >= 0.6 is 0 Å². The van der Waals surface area contributed by atoms with Gasteiger partial charge >= 0.3 is 6.09 Å². The van der Waals surface area contributed by atoms with Crippen molar-refractivity contribution in [2.75, 3.05) is 24.6 Å². The highest BCUT2D eigenvalue weighted by molar-refractivity contribution is 5.97. The molecule has 0 bridgehead atoms. The van der Waals surface area contributed by atoms with Gasteiger partial charge in [-0.05, 0) is 25.0 Å². The molecular formula is C17H20N6O3. The highest BCUT2D eigenvalue weighted by atomic mass is 16.4. The maximum absolute atomic E-state index is 12.6. The number of hydrogen-bond donors (Lipinski definition) is 4. The Hall–Kier alpha value is -3.36. The van der Waals surface area contributed by atoms with Crippen LogP contribution in [0, 0.1) is 0 Å². The minimum Gasteiger partial charge on any atom is -0.465 e. The van der Waals surface area contributed by atoms with Crippen LogP contribution in [0.15, 0.2) is 30.5 Å². The number of aromatic nitrogens is 2. The standard InChI is InChI=1S/C17H20N6O3/c18-11-4-1-3-10(7-11)13-8-20-15(19)14(22-13)16(24)21-12-5-2-6-23(9-12)17(25)26/h1,3-4,7-8,12H,2,5-6,9,18H2,(H2,19,20)(H,21,24)(H,25,26)/t12-/m0/s1. The predicted octanol–water partition coefficient (Wildman–Crippen LogP) is 1.18. The Labute approximate surface area is 150 Å². The summed E-state index contributed by atoms with van der Waals surface area (Å²) in [6, 6.07) is 6.78. The second-order valence-electron chi connectivity index (χ2n) is 6.16. The SMILES string of the molecule is Nc1cccc(-c2cnc(N)c(C(=O)N[C@H]3CCCN(C(=O)O)C3)n2)c1. The topological polar surface area (TPSA) is 147 Å². The number of nitrogens with one attached hydrogen (secondary N) is 1. The van der Waals surface area contributed by atoms with E-state index in [9.17, 15) is 9.59 Å². The van der Waals surface area contributed by atoms with Gasteiger partial charge in [-0.25, -0.2) is 14.8 Å². The monoisotopic (exact) mass is 356 g/mol. The van der Waals surface area contributed by atoms with Crippen LogP contribution in [0.1, 0.15) is 23.3 Å². The summed E-state index contributed by atoms with van der Waals surface area (Å²) in [5.41, 5.74) is 13.4. The summed E-state index contributed by atoms with van der Waals surface area (Å²) >= 11 is 0. The molecule has 1 aliphatic heterocycles. The number of benzene rings is 1. The molecule has 1 aromatic carbocycles. The van der Waals surface area contributed by atoms with Gasteiger partial charge in [-0.2, -0.15) is 0 Å². The van der Waals surface area contributed by atoms with Crippen molar-refractivity contribution in [3.05, 3.63) is 36.2 Å². The molecule has 3 rings (SSSR count). The summed E-state index contributed by atoms with van der Waals surface area (Å²) in [7, 11) is 0. The summed E-state index contributed by atoms with van der Waals surface area (Å²) in [5, 5.41) is 11.9. The summed E-state index contributed by atoms with van der Waals surface area (Å²) in [6.45, 7) is 0.706. The lowest BCUT2D eigenvalue weighted by Crippen LogP contribution is -2.49. The number of amides is 2. The van der Waals surface area contributed by atoms with Crippen LogP contribution in [0.3, 0.4) is 0 Å². The number of hydrogen-bond acceptors (Lipinski definition) is 6. The van der Waals surface area contributed by atoms with Crippen molar-refractivity contribution in [2.45, 2.75) is 18.9 Å². The van der Waals surface area contributed by atoms with E-state index in [1.807, 2.05) is 6.07 Å². The average Bonchev–Trinajstić information content (AvgIpc) is 2.62. The lowest BCUT2D eigenvalue weighted by molar-refractivity contribution is 0.0884. The normalized spacial score (nSPS) is 16.9. The molecule has 1 aliphatic rings. The quantitative estimate of drug-likeness (QED) is 0.604. The van der Waals surface area contributed by atoms with E-state index in [0.717, 1.165) is 5.56 Å². The molecule has 2 amide bonds. The van der Waals surface area contributed by atoms with E-state index in [1.165, 1.54) is 11.1 Å². The molecule has 6 N–H and O–H groups in total. The largest absolute Gasteiger partial charge is 0.465 e. The zero-order valence-corrected chi connectivity index (χ0v) is 14.1. The minimum absolute atomic E-state index is 0.0115. The number of carboxylic acid groups (broad SMARTS) is 1. The molecule has 9 nitrogen and oxygen atoms in total. The van der Waals surface area contributed by atoms with Crippen LogP contribution in [0.4, 0.5) is 16.3 Å². The number of rotatable bonds is 3. The number of piperidine rings is 1. The molecule has 1 saturated heterocycles. The smallest absolute Gasteiger partial charge is 0.407 e. The first-order valence-corrected chi connectivity index (χ1v) is 8.21. The summed E-state index contributed by atoms with van der Waals surface area (Å²) < 4.78 is 0. The second kappa shape index (κ2) is 7.26.